The van der Waals surface area contributed by atoms with Gasteiger partial charge in [0.25, 0.3) is 5.76 Å². The van der Waals surface area contributed by atoms with E-state index >= 15 is 0 Å². The molecule has 3 rings (SSSR count). The Morgan fingerprint density at radius 1 is 1.25 bits per heavy atom. The molecule has 0 fully saturated rings. The molecule has 1 atom stereocenters. The van der Waals surface area contributed by atoms with Crippen LogP contribution in [-0.2, 0) is 12.3 Å². The normalized spacial score (nSPS) is 17.4. The number of hydrogen-bond acceptors (Lipinski definition) is 4. The van der Waals surface area contributed by atoms with E-state index in [0.717, 1.165) is 29.9 Å². The van der Waals surface area contributed by atoms with Crippen molar-refractivity contribution in [2.24, 2.45) is 0 Å². The average molecular weight is 374 g/mol. The van der Waals surface area contributed by atoms with Crippen LogP contribution in [0.3, 0.4) is 0 Å². The Morgan fingerprint density at radius 2 is 2.08 bits per heavy atom. The Bertz CT molecular complexity index is 680. The molecule has 130 valence electrons. The highest BCUT2D eigenvalue weighted by atomic mass is 35.5. The second-order valence-corrected chi connectivity index (χ2v) is 6.91. The van der Waals surface area contributed by atoms with Gasteiger partial charge in [-0.3, -0.25) is 0 Å². The molecule has 0 saturated heterocycles. The molecule has 1 aromatic carbocycles. The van der Waals surface area contributed by atoms with Crippen molar-refractivity contribution >= 4 is 23.4 Å². The first-order valence-electron chi connectivity index (χ1n) is 7.75. The van der Waals surface area contributed by atoms with E-state index in [1.54, 1.807) is 6.07 Å². The van der Waals surface area contributed by atoms with Gasteiger partial charge in [0.1, 0.15) is 17.3 Å². The van der Waals surface area contributed by atoms with Gasteiger partial charge in [-0.1, -0.05) is 35.5 Å². The first-order valence-corrected chi connectivity index (χ1v) is 9.18. The van der Waals surface area contributed by atoms with Gasteiger partial charge >= 0.3 is 0 Å². The van der Waals surface area contributed by atoms with Crippen molar-refractivity contribution in [2.45, 2.75) is 36.9 Å². The minimum atomic E-state index is -2.39. The zero-order valence-corrected chi connectivity index (χ0v) is 14.5. The lowest BCUT2D eigenvalue weighted by Crippen LogP contribution is -2.20. The Labute approximate surface area is 148 Å². The summed E-state index contributed by atoms with van der Waals surface area (Å²) in [5.41, 5.74) is 1.04. The average Bonchev–Trinajstić information content (AvgIpc) is 2.91. The number of furan rings is 1. The zero-order valence-electron chi connectivity index (χ0n) is 12.9. The van der Waals surface area contributed by atoms with Crippen molar-refractivity contribution in [3.8, 4) is 5.75 Å². The summed E-state index contributed by atoms with van der Waals surface area (Å²) in [4.78, 5) is 0. The van der Waals surface area contributed by atoms with Gasteiger partial charge < -0.3 is 14.5 Å². The fraction of sp³-hybridized carbons (Fsp3) is 0.412. The molecule has 0 spiro atoms. The molecule has 0 aliphatic carbocycles. The van der Waals surface area contributed by atoms with Gasteiger partial charge in [-0.05, 0) is 31.0 Å². The summed E-state index contributed by atoms with van der Waals surface area (Å²) in [5.74, 6) is -0.183. The van der Waals surface area contributed by atoms with E-state index in [9.17, 15) is 8.78 Å². The van der Waals surface area contributed by atoms with Crippen LogP contribution < -0.4 is 10.1 Å². The number of hydrogen-bond donors (Lipinski definition) is 1. The topological polar surface area (TPSA) is 34.4 Å². The fourth-order valence-corrected chi connectivity index (χ4v) is 3.43. The maximum Gasteiger partial charge on any atom is 0.284 e. The highest BCUT2D eigenvalue weighted by Crippen LogP contribution is 2.37. The van der Waals surface area contributed by atoms with Crippen LogP contribution in [0.4, 0.5) is 8.78 Å². The molecular weight excluding hydrogens is 356 g/mol. The van der Waals surface area contributed by atoms with Crippen LogP contribution in [0.15, 0.2) is 34.7 Å². The van der Waals surface area contributed by atoms with Crippen molar-refractivity contribution in [3.63, 3.8) is 0 Å². The van der Waals surface area contributed by atoms with Crippen LogP contribution in [0.25, 0.3) is 0 Å². The number of para-hydroxylation sites is 1. The van der Waals surface area contributed by atoms with Gasteiger partial charge in [-0.25, -0.2) is 0 Å². The van der Waals surface area contributed by atoms with Crippen LogP contribution >= 0.6 is 23.4 Å². The Balaban J connectivity index is 1.64. The minimum Gasteiger partial charge on any atom is -0.492 e. The number of rotatable bonds is 6. The van der Waals surface area contributed by atoms with Gasteiger partial charge in [0.15, 0.2) is 0 Å². The standard InChI is InChI=1S/C17H18ClF2NO2S/c18-14-4-1-3-13-15(5-2-8-22-16(13)14)21-9-11-6-7-12(23-11)10-24-17(19)20/h1,3-4,6-7,15,17,21H,2,5,8-10H2/t15-/m0/s1. The third kappa shape index (κ3) is 4.43. The molecular formula is C17H18ClF2NO2S. The SMILES string of the molecule is FC(F)SCc1ccc(CN[C@H]2CCCOc3c(Cl)cccc32)o1. The van der Waals surface area contributed by atoms with E-state index in [2.05, 4.69) is 5.32 Å². The van der Waals surface area contributed by atoms with E-state index in [0.29, 0.717) is 35.7 Å². The van der Waals surface area contributed by atoms with Gasteiger partial charge in [-0.15, -0.1) is 0 Å². The highest BCUT2D eigenvalue weighted by Gasteiger charge is 2.21. The summed E-state index contributed by atoms with van der Waals surface area (Å²) in [5, 5.41) is 4.07. The quantitative estimate of drug-likeness (QED) is 0.735. The van der Waals surface area contributed by atoms with Crippen molar-refractivity contribution in [1.29, 1.82) is 0 Å². The number of alkyl halides is 2. The molecule has 0 saturated carbocycles. The van der Waals surface area contributed by atoms with Gasteiger partial charge in [0, 0.05) is 11.6 Å². The summed E-state index contributed by atoms with van der Waals surface area (Å²) in [6.07, 6.45) is 1.86. The highest BCUT2D eigenvalue weighted by molar-refractivity contribution is 7.98. The molecule has 2 aromatic rings. The summed E-state index contributed by atoms with van der Waals surface area (Å²) < 4.78 is 35.8. The first-order chi connectivity index (χ1) is 11.6. The van der Waals surface area contributed by atoms with E-state index in [4.69, 9.17) is 20.8 Å². The maximum atomic E-state index is 12.2. The molecule has 1 aliphatic heterocycles. The molecule has 0 radical (unpaired) electrons. The third-order valence-electron chi connectivity index (χ3n) is 3.85. The van der Waals surface area contributed by atoms with Gasteiger partial charge in [-0.2, -0.15) is 8.78 Å². The first kappa shape index (κ1) is 17.6. The molecule has 24 heavy (non-hydrogen) atoms. The smallest absolute Gasteiger partial charge is 0.284 e. The number of benzene rings is 1. The predicted octanol–water partition coefficient (Wildman–Crippen LogP) is 5.39. The Hall–Kier alpha value is -1.24. The minimum absolute atomic E-state index is 0.116. The fourth-order valence-electron chi connectivity index (χ4n) is 2.75. The van der Waals surface area contributed by atoms with Crippen molar-refractivity contribution in [2.75, 3.05) is 6.61 Å². The number of nitrogens with one attached hydrogen (secondary N) is 1. The maximum absolute atomic E-state index is 12.2. The zero-order chi connectivity index (χ0) is 16.9. The molecule has 1 N–H and O–H groups in total. The molecule has 0 bridgehead atoms. The number of halogens is 3. The van der Waals surface area contributed by atoms with Crippen molar-refractivity contribution < 1.29 is 17.9 Å². The third-order valence-corrected chi connectivity index (χ3v) is 4.85. The van der Waals surface area contributed by atoms with E-state index < -0.39 is 5.76 Å². The molecule has 1 aromatic heterocycles. The number of thioether (sulfide) groups is 1. The van der Waals surface area contributed by atoms with Crippen molar-refractivity contribution in [3.05, 3.63) is 52.4 Å². The molecule has 1 aliphatic rings. The second-order valence-electron chi connectivity index (χ2n) is 5.52. The van der Waals surface area contributed by atoms with E-state index in [-0.39, 0.29) is 11.8 Å². The van der Waals surface area contributed by atoms with Crippen molar-refractivity contribution in [1.82, 2.24) is 5.32 Å². The number of ether oxygens (including phenoxy) is 1. The summed E-state index contributed by atoms with van der Waals surface area (Å²) in [7, 11) is 0. The summed E-state index contributed by atoms with van der Waals surface area (Å²) >= 11 is 6.79. The van der Waals surface area contributed by atoms with Crippen LogP contribution in [0, 0.1) is 0 Å². The number of fused-ring (bicyclic) bond motifs is 1. The van der Waals surface area contributed by atoms with Crippen LogP contribution in [0.1, 0.15) is 36.0 Å². The molecule has 7 heteroatoms. The molecule has 0 unspecified atom stereocenters. The Morgan fingerprint density at radius 3 is 2.92 bits per heavy atom. The molecule has 2 heterocycles. The summed E-state index contributed by atoms with van der Waals surface area (Å²) in [6.45, 7) is 1.17. The lowest BCUT2D eigenvalue weighted by molar-refractivity contribution is 0.251. The monoisotopic (exact) mass is 373 g/mol. The van der Waals surface area contributed by atoms with E-state index in [1.165, 1.54) is 0 Å². The van der Waals surface area contributed by atoms with Crippen LogP contribution in [0.2, 0.25) is 5.02 Å². The second kappa shape index (κ2) is 8.23. The van der Waals surface area contributed by atoms with Gasteiger partial charge in [0.05, 0.1) is 23.9 Å². The van der Waals surface area contributed by atoms with Crippen LogP contribution in [0.5, 0.6) is 5.75 Å². The van der Waals surface area contributed by atoms with Gasteiger partial charge in [0.2, 0.25) is 0 Å². The summed E-state index contributed by atoms with van der Waals surface area (Å²) in [6, 6.07) is 9.43. The Kier molecular flexibility index (Phi) is 6.03. The van der Waals surface area contributed by atoms with E-state index in [1.807, 2.05) is 24.3 Å². The largest absolute Gasteiger partial charge is 0.492 e. The lowest BCUT2D eigenvalue weighted by atomic mass is 10.0. The molecule has 0 amide bonds. The van der Waals surface area contributed by atoms with Crippen LogP contribution in [-0.4, -0.2) is 12.4 Å². The molecule has 3 nitrogen and oxygen atoms in total. The predicted molar refractivity (Wildman–Crippen MR) is 91.8 cm³/mol. The lowest BCUT2D eigenvalue weighted by Gasteiger charge is -2.18.